The molecule has 0 saturated heterocycles. The van der Waals surface area contributed by atoms with E-state index >= 15 is 0 Å². The van der Waals surface area contributed by atoms with Crippen LogP contribution in [0.5, 0.6) is 5.75 Å². The van der Waals surface area contributed by atoms with Gasteiger partial charge in [0.25, 0.3) is 6.47 Å². The van der Waals surface area contributed by atoms with E-state index in [0.29, 0.717) is 17.3 Å². The molecule has 1 aromatic rings. The zero-order chi connectivity index (χ0) is 20.0. The van der Waals surface area contributed by atoms with E-state index in [4.69, 9.17) is 9.47 Å². The summed E-state index contributed by atoms with van der Waals surface area (Å²) < 4.78 is 10.2. The Morgan fingerprint density at radius 2 is 1.85 bits per heavy atom. The van der Waals surface area contributed by atoms with Gasteiger partial charge in [-0.3, -0.25) is 4.79 Å². The average molecular weight is 363 g/mol. The molecule has 0 radical (unpaired) electrons. The summed E-state index contributed by atoms with van der Waals surface area (Å²) in [4.78, 5) is 10.4. The summed E-state index contributed by atoms with van der Waals surface area (Å²) >= 11 is 0. The van der Waals surface area contributed by atoms with Crippen molar-refractivity contribution in [2.24, 2.45) is 16.7 Å². The number of rotatable bonds is 4. The number of ether oxygens (including phenoxy) is 2. The number of fused-ring (bicyclic) bond motifs is 1. The Labute approximate surface area is 160 Å². The first-order valence-corrected chi connectivity index (χ1v) is 9.74. The topological polar surface area (TPSA) is 35.5 Å². The maximum Gasteiger partial charge on any atom is 0.293 e. The van der Waals surface area contributed by atoms with Crippen LogP contribution in [0, 0.1) is 16.7 Å². The first kappa shape index (κ1) is 22.5. The van der Waals surface area contributed by atoms with E-state index in [9.17, 15) is 4.79 Å². The van der Waals surface area contributed by atoms with Crippen molar-refractivity contribution < 1.29 is 14.3 Å². The molecule has 1 aromatic carbocycles. The highest BCUT2D eigenvalue weighted by Gasteiger charge is 2.24. The van der Waals surface area contributed by atoms with Gasteiger partial charge in [-0.2, -0.15) is 0 Å². The molecular formula is C23H38O3. The molecule has 0 amide bonds. The van der Waals surface area contributed by atoms with Gasteiger partial charge in [0, 0.05) is 0 Å². The number of benzene rings is 1. The van der Waals surface area contributed by atoms with Crippen LogP contribution in [-0.4, -0.2) is 13.6 Å². The summed E-state index contributed by atoms with van der Waals surface area (Å²) in [5, 5.41) is 0. The minimum absolute atomic E-state index is 0.0721. The van der Waals surface area contributed by atoms with Gasteiger partial charge < -0.3 is 9.47 Å². The number of methoxy groups -OCH3 is 1. The van der Waals surface area contributed by atoms with Gasteiger partial charge in [0.15, 0.2) is 0 Å². The quantitative estimate of drug-likeness (QED) is 0.585. The highest BCUT2D eigenvalue weighted by molar-refractivity contribution is 5.42. The molecule has 0 spiro atoms. The monoisotopic (exact) mass is 362 g/mol. The van der Waals surface area contributed by atoms with Gasteiger partial charge in [0.1, 0.15) is 11.9 Å². The van der Waals surface area contributed by atoms with Crippen molar-refractivity contribution in [2.45, 2.75) is 80.3 Å². The summed E-state index contributed by atoms with van der Waals surface area (Å²) in [7, 11) is 1.66. The van der Waals surface area contributed by atoms with Gasteiger partial charge in [0.05, 0.1) is 7.11 Å². The van der Waals surface area contributed by atoms with E-state index in [1.165, 1.54) is 12.0 Å². The molecule has 2 atom stereocenters. The third-order valence-corrected chi connectivity index (χ3v) is 5.23. The number of hydrogen-bond donors (Lipinski definition) is 0. The Bertz CT molecular complexity index is 564. The summed E-state index contributed by atoms with van der Waals surface area (Å²) in [6.45, 7) is 16.8. The predicted molar refractivity (Wildman–Crippen MR) is 109 cm³/mol. The number of hydrogen-bond acceptors (Lipinski definition) is 3. The molecular weight excluding hydrogens is 324 g/mol. The molecule has 148 valence electrons. The lowest BCUT2D eigenvalue weighted by Crippen LogP contribution is -2.22. The van der Waals surface area contributed by atoms with Crippen molar-refractivity contribution in [3.8, 4) is 5.75 Å². The van der Waals surface area contributed by atoms with E-state index in [1.807, 2.05) is 18.2 Å². The van der Waals surface area contributed by atoms with Crippen molar-refractivity contribution in [1.82, 2.24) is 0 Å². The summed E-state index contributed by atoms with van der Waals surface area (Å²) in [5.74, 6) is 1.67. The Morgan fingerprint density at radius 1 is 1.19 bits per heavy atom. The van der Waals surface area contributed by atoms with Crippen LogP contribution in [-0.2, 0) is 16.0 Å². The largest absolute Gasteiger partial charge is 0.497 e. The van der Waals surface area contributed by atoms with E-state index in [0.717, 1.165) is 36.5 Å². The van der Waals surface area contributed by atoms with Crippen LogP contribution in [0.1, 0.15) is 85.0 Å². The zero-order valence-corrected chi connectivity index (χ0v) is 18.0. The molecule has 26 heavy (non-hydrogen) atoms. The minimum atomic E-state index is -0.0721. The van der Waals surface area contributed by atoms with Crippen LogP contribution in [0.25, 0.3) is 0 Å². The van der Waals surface area contributed by atoms with Crippen molar-refractivity contribution in [3.63, 3.8) is 0 Å². The maximum atomic E-state index is 10.4. The van der Waals surface area contributed by atoms with Gasteiger partial charge in [-0.05, 0) is 65.7 Å². The third kappa shape index (κ3) is 7.39. The summed E-state index contributed by atoms with van der Waals surface area (Å²) in [6, 6.07) is 5.92. The minimum Gasteiger partial charge on any atom is -0.497 e. The second kappa shape index (κ2) is 9.43. The Morgan fingerprint density at radius 3 is 2.31 bits per heavy atom. The first-order chi connectivity index (χ1) is 12.0. The standard InChI is InChI=1S/C12H14O3.C11H24/c1-14-10-5-6-11-9(7-10)3-2-4-12(11)15-8-13;1-9(11(5,6)7)8-10(2,3)4/h5-8,12H,2-4H2,1H3;9H,8H2,1-7H3. The molecule has 3 nitrogen and oxygen atoms in total. The fourth-order valence-electron chi connectivity index (χ4n) is 3.31. The molecule has 0 aliphatic heterocycles. The fourth-order valence-corrected chi connectivity index (χ4v) is 3.31. The third-order valence-electron chi connectivity index (χ3n) is 5.23. The van der Waals surface area contributed by atoms with E-state index in [-0.39, 0.29) is 6.10 Å². The van der Waals surface area contributed by atoms with Crippen LogP contribution < -0.4 is 4.74 Å². The second-order valence-corrected chi connectivity index (χ2v) is 9.71. The normalized spacial score (nSPS) is 18.1. The number of aryl methyl sites for hydroxylation is 1. The molecule has 1 aliphatic carbocycles. The van der Waals surface area contributed by atoms with Gasteiger partial charge in [-0.15, -0.1) is 0 Å². The predicted octanol–water partition coefficient (Wildman–Crippen LogP) is 6.35. The number of carbonyl (C=O) groups is 1. The lowest BCUT2D eigenvalue weighted by molar-refractivity contribution is -0.134. The van der Waals surface area contributed by atoms with Crippen LogP contribution >= 0.6 is 0 Å². The Hall–Kier alpha value is -1.51. The fraction of sp³-hybridized carbons (Fsp3) is 0.696. The molecule has 3 heteroatoms. The summed E-state index contributed by atoms with van der Waals surface area (Å²) in [5.41, 5.74) is 3.29. The van der Waals surface area contributed by atoms with Crippen LogP contribution in [0.3, 0.4) is 0 Å². The van der Waals surface area contributed by atoms with Crippen LogP contribution in [0.2, 0.25) is 0 Å². The van der Waals surface area contributed by atoms with Gasteiger partial charge in [-0.25, -0.2) is 0 Å². The molecule has 0 aromatic heterocycles. The van der Waals surface area contributed by atoms with E-state index in [1.54, 1.807) is 7.11 Å². The smallest absolute Gasteiger partial charge is 0.293 e. The maximum absolute atomic E-state index is 10.4. The van der Waals surface area contributed by atoms with Crippen LogP contribution in [0.15, 0.2) is 18.2 Å². The second-order valence-electron chi connectivity index (χ2n) is 9.71. The molecule has 0 fully saturated rings. The Balaban J connectivity index is 0.000000276. The lowest BCUT2D eigenvalue weighted by Gasteiger charge is -2.32. The molecule has 0 heterocycles. The van der Waals surface area contributed by atoms with Gasteiger partial charge in [0.2, 0.25) is 0 Å². The zero-order valence-electron chi connectivity index (χ0n) is 18.0. The molecule has 2 rings (SSSR count). The van der Waals surface area contributed by atoms with Gasteiger partial charge >= 0.3 is 0 Å². The lowest BCUT2D eigenvalue weighted by atomic mass is 9.73. The summed E-state index contributed by atoms with van der Waals surface area (Å²) in [6.07, 6.45) is 4.25. The molecule has 0 N–H and O–H groups in total. The van der Waals surface area contributed by atoms with Gasteiger partial charge in [-0.1, -0.05) is 54.5 Å². The van der Waals surface area contributed by atoms with Crippen molar-refractivity contribution in [2.75, 3.05) is 7.11 Å². The molecule has 0 saturated carbocycles. The van der Waals surface area contributed by atoms with Crippen LogP contribution in [0.4, 0.5) is 0 Å². The van der Waals surface area contributed by atoms with Crippen molar-refractivity contribution >= 4 is 6.47 Å². The highest BCUT2D eigenvalue weighted by atomic mass is 16.5. The SMILES string of the molecule is CC(CC(C)(C)C)C(C)(C)C.COc1ccc2c(c1)CCCC2OC=O. The number of carbonyl (C=O) groups excluding carboxylic acids is 1. The van der Waals surface area contributed by atoms with Crippen molar-refractivity contribution in [3.05, 3.63) is 29.3 Å². The highest BCUT2D eigenvalue weighted by Crippen LogP contribution is 2.35. The van der Waals surface area contributed by atoms with E-state index in [2.05, 4.69) is 48.5 Å². The van der Waals surface area contributed by atoms with E-state index < -0.39 is 0 Å². The molecule has 0 bridgehead atoms. The molecule has 1 aliphatic rings. The average Bonchev–Trinajstić information content (AvgIpc) is 2.53. The Kier molecular flexibility index (Phi) is 8.17. The first-order valence-electron chi connectivity index (χ1n) is 9.74. The molecule has 2 unspecified atom stereocenters. The van der Waals surface area contributed by atoms with Crippen molar-refractivity contribution in [1.29, 1.82) is 0 Å².